The highest BCUT2D eigenvalue weighted by molar-refractivity contribution is 5.99. The van der Waals surface area contributed by atoms with Crippen LogP contribution in [0.25, 0.3) is 11.3 Å². The monoisotopic (exact) mass is 485 g/mol. The first kappa shape index (κ1) is 22.6. The Morgan fingerprint density at radius 2 is 1.83 bits per heavy atom. The van der Waals surface area contributed by atoms with Crippen LogP contribution < -0.4 is 16.4 Å². The van der Waals surface area contributed by atoms with Gasteiger partial charge in [0.1, 0.15) is 5.82 Å². The van der Waals surface area contributed by atoms with E-state index in [1.165, 1.54) is 5.56 Å². The molecule has 1 aliphatic carbocycles. The van der Waals surface area contributed by atoms with Gasteiger partial charge in [-0.3, -0.25) is 9.48 Å². The minimum atomic E-state index is -0.276. The minimum Gasteiger partial charge on any atom is -0.383 e. The summed E-state index contributed by atoms with van der Waals surface area (Å²) in [6.07, 6.45) is 6.61. The maximum Gasteiger partial charge on any atom is 0.318 e. The Hall–Kier alpha value is -3.88. The van der Waals surface area contributed by atoms with Crippen molar-refractivity contribution in [2.45, 2.75) is 49.6 Å². The van der Waals surface area contributed by atoms with E-state index in [2.05, 4.69) is 33.8 Å². The first-order valence-electron chi connectivity index (χ1n) is 12.6. The molecular weight excluding hydrogens is 454 g/mol. The number of carbonyl (C=O) groups excluding carboxylic acids is 2. The number of aromatic nitrogens is 3. The normalized spacial score (nSPS) is 21.8. The van der Waals surface area contributed by atoms with Crippen LogP contribution in [0.4, 0.5) is 10.6 Å². The molecule has 36 heavy (non-hydrogen) atoms. The number of hydrogen-bond acceptors (Lipinski definition) is 5. The predicted octanol–water partition coefficient (Wildman–Crippen LogP) is 3.02. The lowest BCUT2D eigenvalue weighted by Crippen LogP contribution is -2.54. The molecular formula is C27H31N7O2. The van der Waals surface area contributed by atoms with Crippen LogP contribution >= 0.6 is 0 Å². The molecule has 186 valence electrons. The number of hydrogen-bond donors (Lipinski definition) is 3. The number of nitrogens with two attached hydrogens (primary N) is 1. The van der Waals surface area contributed by atoms with Crippen LogP contribution in [0.2, 0.25) is 0 Å². The molecule has 0 radical (unpaired) electrons. The number of carbonyl (C=O) groups is 2. The molecule has 9 nitrogen and oxygen atoms in total. The first-order valence-corrected chi connectivity index (χ1v) is 12.6. The van der Waals surface area contributed by atoms with E-state index in [1.807, 2.05) is 27.8 Å². The minimum absolute atomic E-state index is 0.0200. The fourth-order valence-electron chi connectivity index (χ4n) is 6.05. The van der Waals surface area contributed by atoms with Gasteiger partial charge in [0.15, 0.2) is 0 Å². The number of pyridine rings is 1. The van der Waals surface area contributed by atoms with Crippen molar-refractivity contribution >= 4 is 17.8 Å². The molecule has 2 aromatic heterocycles. The van der Waals surface area contributed by atoms with Crippen molar-refractivity contribution in [3.63, 3.8) is 0 Å². The van der Waals surface area contributed by atoms with Crippen LogP contribution in [0.5, 0.6) is 0 Å². The summed E-state index contributed by atoms with van der Waals surface area (Å²) in [5, 5.41) is 10.8. The standard InChI is InChI=1S/C27H31N7O2/c1-29-24(35)20-14-18(16-30-23(20)28)21-15-22-26(11-13-34(22)32-21)10-12-33(17-26)25(36)31-27(8-5-9-27)19-6-3-2-4-7-19/h2-4,6-7,14-16H,5,8-13,17H2,1H3,(H2,28,30)(H,29,35)(H,31,36). The Morgan fingerprint density at radius 1 is 1.06 bits per heavy atom. The number of nitrogens with zero attached hydrogens (tertiary/aromatic N) is 4. The van der Waals surface area contributed by atoms with E-state index in [0.717, 1.165) is 62.1 Å². The number of benzene rings is 1. The van der Waals surface area contributed by atoms with Crippen molar-refractivity contribution < 1.29 is 9.59 Å². The molecule has 0 bridgehead atoms. The summed E-state index contributed by atoms with van der Waals surface area (Å²) >= 11 is 0. The highest BCUT2D eigenvalue weighted by atomic mass is 16.2. The summed E-state index contributed by atoms with van der Waals surface area (Å²) in [7, 11) is 1.57. The quantitative estimate of drug-likeness (QED) is 0.525. The van der Waals surface area contributed by atoms with Crippen LogP contribution in [-0.4, -0.2) is 51.7 Å². The van der Waals surface area contributed by atoms with Gasteiger partial charge in [-0.1, -0.05) is 30.3 Å². The van der Waals surface area contributed by atoms with E-state index < -0.39 is 0 Å². The Labute approximate surface area is 210 Å². The summed E-state index contributed by atoms with van der Waals surface area (Å²) < 4.78 is 2.05. The lowest BCUT2D eigenvalue weighted by atomic mass is 9.72. The topological polar surface area (TPSA) is 118 Å². The second-order valence-electron chi connectivity index (χ2n) is 10.3. The van der Waals surface area contributed by atoms with Crippen molar-refractivity contribution in [1.29, 1.82) is 0 Å². The Morgan fingerprint density at radius 3 is 2.56 bits per heavy atom. The highest BCUT2D eigenvalue weighted by Gasteiger charge is 2.48. The molecule has 1 saturated heterocycles. The van der Waals surface area contributed by atoms with Crippen LogP contribution in [-0.2, 0) is 17.5 Å². The molecule has 3 aliphatic rings. The third kappa shape index (κ3) is 3.53. The third-order valence-electron chi connectivity index (χ3n) is 8.33. The van der Waals surface area contributed by atoms with E-state index in [-0.39, 0.29) is 28.7 Å². The van der Waals surface area contributed by atoms with Gasteiger partial charge in [0.25, 0.3) is 5.91 Å². The van der Waals surface area contributed by atoms with Gasteiger partial charge in [-0.15, -0.1) is 0 Å². The Bertz CT molecular complexity index is 1330. The van der Waals surface area contributed by atoms with Gasteiger partial charge in [-0.25, -0.2) is 9.78 Å². The summed E-state index contributed by atoms with van der Waals surface area (Å²) in [6, 6.07) is 14.2. The fourth-order valence-corrected chi connectivity index (χ4v) is 6.05. The zero-order chi connectivity index (χ0) is 24.9. The van der Waals surface area contributed by atoms with Gasteiger partial charge < -0.3 is 21.3 Å². The lowest BCUT2D eigenvalue weighted by molar-refractivity contribution is 0.0963. The molecule has 6 rings (SSSR count). The molecule has 4 heterocycles. The Kier molecular flexibility index (Phi) is 5.24. The molecule has 3 amide bonds. The molecule has 1 saturated carbocycles. The van der Waals surface area contributed by atoms with Gasteiger partial charge in [0.05, 0.1) is 16.8 Å². The number of fused-ring (bicyclic) bond motifs is 2. The maximum atomic E-state index is 13.4. The summed E-state index contributed by atoms with van der Waals surface area (Å²) in [4.78, 5) is 31.8. The lowest BCUT2D eigenvalue weighted by Gasteiger charge is -2.44. The van der Waals surface area contributed by atoms with Gasteiger partial charge in [0.2, 0.25) is 0 Å². The number of nitrogen functional groups attached to an aromatic ring is 1. The SMILES string of the molecule is CNC(=O)c1cc(-c2cc3n(n2)CCC32CCN(C(=O)NC3(c4ccccc4)CCC3)C2)cnc1N. The third-order valence-corrected chi connectivity index (χ3v) is 8.33. The van der Waals surface area contributed by atoms with Crippen LogP contribution in [0, 0.1) is 0 Å². The highest BCUT2D eigenvalue weighted by Crippen LogP contribution is 2.45. The zero-order valence-electron chi connectivity index (χ0n) is 20.5. The smallest absolute Gasteiger partial charge is 0.318 e. The zero-order valence-corrected chi connectivity index (χ0v) is 20.5. The number of likely N-dealkylation sites (tertiary alicyclic amines) is 1. The summed E-state index contributed by atoms with van der Waals surface area (Å²) in [6.45, 7) is 2.21. The van der Waals surface area contributed by atoms with E-state index in [9.17, 15) is 9.59 Å². The van der Waals surface area contributed by atoms with E-state index in [0.29, 0.717) is 12.1 Å². The second-order valence-corrected chi connectivity index (χ2v) is 10.3. The number of anilines is 1. The van der Waals surface area contributed by atoms with Crippen molar-refractivity contribution in [2.75, 3.05) is 25.9 Å². The second kappa shape index (κ2) is 8.36. The largest absolute Gasteiger partial charge is 0.383 e. The number of amides is 3. The summed E-state index contributed by atoms with van der Waals surface area (Å²) in [5.74, 6) is -0.0826. The predicted molar refractivity (Wildman–Crippen MR) is 136 cm³/mol. The van der Waals surface area contributed by atoms with Crippen LogP contribution in [0.15, 0.2) is 48.7 Å². The van der Waals surface area contributed by atoms with E-state index >= 15 is 0 Å². The molecule has 2 fully saturated rings. The van der Waals surface area contributed by atoms with Crippen LogP contribution in [0.1, 0.15) is 53.7 Å². The summed E-state index contributed by atoms with van der Waals surface area (Å²) in [5.41, 5.74) is 9.75. The van der Waals surface area contributed by atoms with Crippen molar-refractivity contribution in [3.05, 3.63) is 65.5 Å². The number of rotatable bonds is 4. The van der Waals surface area contributed by atoms with E-state index in [1.54, 1.807) is 19.3 Å². The Balaban J connectivity index is 1.21. The number of aryl methyl sites for hydroxylation is 1. The van der Waals surface area contributed by atoms with Crippen molar-refractivity contribution in [3.8, 4) is 11.3 Å². The van der Waals surface area contributed by atoms with Crippen molar-refractivity contribution in [2.24, 2.45) is 0 Å². The van der Waals surface area contributed by atoms with Gasteiger partial charge in [0, 0.05) is 49.6 Å². The average Bonchev–Trinajstić information content (AvgIpc) is 3.58. The van der Waals surface area contributed by atoms with Crippen molar-refractivity contribution in [1.82, 2.24) is 30.3 Å². The first-order chi connectivity index (χ1) is 17.4. The van der Waals surface area contributed by atoms with Crippen LogP contribution in [0.3, 0.4) is 0 Å². The number of urea groups is 1. The average molecular weight is 486 g/mol. The molecule has 1 spiro atoms. The van der Waals surface area contributed by atoms with Gasteiger partial charge in [-0.2, -0.15) is 5.10 Å². The molecule has 3 aromatic rings. The molecule has 1 aromatic carbocycles. The molecule has 4 N–H and O–H groups in total. The van der Waals surface area contributed by atoms with Gasteiger partial charge in [-0.05, 0) is 49.8 Å². The fraction of sp³-hybridized carbons (Fsp3) is 0.407. The molecule has 1 unspecified atom stereocenters. The number of nitrogens with one attached hydrogen (secondary N) is 2. The van der Waals surface area contributed by atoms with Gasteiger partial charge >= 0.3 is 6.03 Å². The molecule has 2 aliphatic heterocycles. The van der Waals surface area contributed by atoms with E-state index in [4.69, 9.17) is 10.8 Å². The molecule has 9 heteroatoms. The maximum absolute atomic E-state index is 13.4. The molecule has 1 atom stereocenters.